The molecule has 160 valence electrons. The zero-order valence-electron chi connectivity index (χ0n) is 16.6. The second-order valence-corrected chi connectivity index (χ2v) is 8.06. The van der Waals surface area contributed by atoms with Gasteiger partial charge in [-0.25, -0.2) is 9.69 Å². The van der Waals surface area contributed by atoms with Gasteiger partial charge >= 0.3 is 5.97 Å². The molecule has 1 aromatic heterocycles. The Morgan fingerprint density at radius 1 is 1.19 bits per heavy atom. The van der Waals surface area contributed by atoms with Crippen molar-refractivity contribution >= 4 is 57.5 Å². The predicted molar refractivity (Wildman–Crippen MR) is 123 cm³/mol. The first kappa shape index (κ1) is 21.2. The second-order valence-electron chi connectivity index (χ2n) is 6.83. The Hall–Kier alpha value is -4.05. The van der Waals surface area contributed by atoms with Crippen molar-refractivity contribution < 1.29 is 19.5 Å². The number of carbonyl (C=O) groups excluding carboxylic acids is 2. The molecule has 10 heteroatoms. The number of hydrogen-bond acceptors (Lipinski definition) is 7. The number of aromatic carboxylic acids is 1. The largest absolute Gasteiger partial charge is 0.478 e. The quantitative estimate of drug-likeness (QED) is 0.265. The molecule has 0 spiro atoms. The molecule has 3 N–H and O–H groups in total. The fourth-order valence-electron chi connectivity index (χ4n) is 3.29. The first-order chi connectivity index (χ1) is 15.4. The molecule has 1 aliphatic rings. The van der Waals surface area contributed by atoms with Crippen LogP contribution < -0.4 is 10.6 Å². The van der Waals surface area contributed by atoms with E-state index in [1.807, 2.05) is 24.3 Å². The summed E-state index contributed by atoms with van der Waals surface area (Å²) in [6.45, 7) is 0. The van der Waals surface area contributed by atoms with E-state index in [2.05, 4.69) is 15.2 Å². The molecule has 2 aromatic carbocycles. The van der Waals surface area contributed by atoms with E-state index in [0.29, 0.717) is 0 Å². The summed E-state index contributed by atoms with van der Waals surface area (Å²) in [5, 5.41) is 17.2. The summed E-state index contributed by atoms with van der Waals surface area (Å²) in [6.07, 6.45) is 3.14. The Morgan fingerprint density at radius 3 is 2.81 bits per heavy atom. The van der Waals surface area contributed by atoms with Crippen LogP contribution in [0.5, 0.6) is 0 Å². The Kier molecular flexibility index (Phi) is 5.95. The smallest absolute Gasteiger partial charge is 0.335 e. The van der Waals surface area contributed by atoms with E-state index in [1.54, 1.807) is 18.5 Å². The van der Waals surface area contributed by atoms with Crippen molar-refractivity contribution in [1.29, 1.82) is 0 Å². The van der Waals surface area contributed by atoms with Crippen LogP contribution in [0.15, 0.2) is 71.0 Å². The van der Waals surface area contributed by atoms with Crippen LogP contribution in [-0.2, 0) is 9.59 Å². The maximum atomic E-state index is 12.8. The Morgan fingerprint density at radius 2 is 2.00 bits per heavy atom. The number of fused-ring (bicyclic) bond motifs is 1. The normalized spacial score (nSPS) is 16.9. The Balaban J connectivity index is 1.47. The van der Waals surface area contributed by atoms with E-state index in [0.717, 1.165) is 33.1 Å². The fourth-order valence-corrected chi connectivity index (χ4v) is 4.11. The predicted octanol–water partition coefficient (Wildman–Crippen LogP) is 2.65. The third kappa shape index (κ3) is 4.35. The molecule has 9 nitrogen and oxygen atoms in total. The Bertz CT molecular complexity index is 1280. The van der Waals surface area contributed by atoms with Gasteiger partial charge in [-0.2, -0.15) is 5.10 Å². The molecule has 0 saturated carbocycles. The van der Waals surface area contributed by atoms with Crippen LogP contribution in [0.25, 0.3) is 10.9 Å². The molecule has 1 aliphatic heterocycles. The number of benzene rings is 2. The van der Waals surface area contributed by atoms with Crippen LogP contribution >= 0.6 is 11.8 Å². The number of nitrogens with two attached hydrogens (primary N) is 1. The highest BCUT2D eigenvalue weighted by Crippen LogP contribution is 2.30. The number of thioether (sulfide) groups is 1. The van der Waals surface area contributed by atoms with Crippen molar-refractivity contribution in [2.24, 2.45) is 15.9 Å². The minimum absolute atomic E-state index is 0.0155. The molecule has 0 unspecified atom stereocenters. The van der Waals surface area contributed by atoms with Crippen molar-refractivity contribution in [3.05, 3.63) is 71.9 Å². The summed E-state index contributed by atoms with van der Waals surface area (Å²) < 4.78 is 0. The van der Waals surface area contributed by atoms with E-state index in [9.17, 15) is 14.4 Å². The van der Waals surface area contributed by atoms with Crippen LogP contribution in [0, 0.1) is 0 Å². The fraction of sp³-hybridized carbons (Fsp3) is 0.0909. The van der Waals surface area contributed by atoms with Gasteiger partial charge in [-0.3, -0.25) is 14.6 Å². The van der Waals surface area contributed by atoms with E-state index in [-0.39, 0.29) is 22.8 Å². The maximum absolute atomic E-state index is 12.8. The minimum Gasteiger partial charge on any atom is -0.478 e. The number of anilines is 1. The highest BCUT2D eigenvalue weighted by Gasteiger charge is 2.40. The molecule has 1 saturated heterocycles. The van der Waals surface area contributed by atoms with Crippen molar-refractivity contribution in [3.63, 3.8) is 0 Å². The third-order valence-corrected chi connectivity index (χ3v) is 5.73. The van der Waals surface area contributed by atoms with Crippen molar-refractivity contribution in [3.8, 4) is 0 Å². The summed E-state index contributed by atoms with van der Waals surface area (Å²) in [4.78, 5) is 41.6. The molecule has 0 radical (unpaired) electrons. The van der Waals surface area contributed by atoms with Crippen LogP contribution in [0.3, 0.4) is 0 Å². The van der Waals surface area contributed by atoms with E-state index in [4.69, 9.17) is 10.8 Å². The lowest BCUT2D eigenvalue weighted by molar-refractivity contribution is -0.121. The standard InChI is InChI=1S/C22H17N5O4S/c23-22(26-25-12-14-8-9-24-17-7-2-1-6-16(14)17)32-18-11-19(28)27(20(18)29)15-5-3-4-13(10-15)21(30)31/h1-10,12,18H,11H2,(H2,23,26)(H,30,31)/b25-12-/t18-/m1/s1. The third-order valence-electron chi connectivity index (χ3n) is 4.76. The number of amides is 2. The molecule has 0 aliphatic carbocycles. The molecule has 2 heterocycles. The number of rotatable bonds is 5. The molecule has 1 atom stereocenters. The van der Waals surface area contributed by atoms with Gasteiger partial charge in [0.2, 0.25) is 11.8 Å². The number of imide groups is 1. The lowest BCUT2D eigenvalue weighted by Gasteiger charge is -2.15. The zero-order chi connectivity index (χ0) is 22.7. The van der Waals surface area contributed by atoms with Gasteiger partial charge < -0.3 is 10.8 Å². The maximum Gasteiger partial charge on any atom is 0.335 e. The number of carbonyl (C=O) groups is 3. The number of amidine groups is 1. The molecule has 2 amide bonds. The molecule has 4 rings (SSSR count). The first-order valence-electron chi connectivity index (χ1n) is 9.51. The van der Waals surface area contributed by atoms with Crippen LogP contribution in [0.1, 0.15) is 22.3 Å². The number of aromatic nitrogens is 1. The minimum atomic E-state index is -1.15. The molecule has 32 heavy (non-hydrogen) atoms. The van der Waals surface area contributed by atoms with E-state index < -0.39 is 23.0 Å². The van der Waals surface area contributed by atoms with Crippen molar-refractivity contribution in [2.45, 2.75) is 11.7 Å². The number of pyridine rings is 1. The molecular weight excluding hydrogens is 430 g/mol. The van der Waals surface area contributed by atoms with Crippen molar-refractivity contribution in [2.75, 3.05) is 4.90 Å². The van der Waals surface area contributed by atoms with Crippen LogP contribution in [-0.4, -0.2) is 44.5 Å². The molecule has 0 bridgehead atoms. The van der Waals surface area contributed by atoms with Gasteiger partial charge in [0.25, 0.3) is 0 Å². The highest BCUT2D eigenvalue weighted by molar-refractivity contribution is 8.14. The van der Waals surface area contributed by atoms with E-state index in [1.165, 1.54) is 24.3 Å². The SMILES string of the molecule is NC(=N/N=C\c1ccnc2ccccc12)S[C@@H]1CC(=O)N(c2cccc(C(=O)O)c2)C1=O. The van der Waals surface area contributed by atoms with Crippen molar-refractivity contribution in [1.82, 2.24) is 4.98 Å². The average Bonchev–Trinajstić information content (AvgIpc) is 3.06. The summed E-state index contributed by atoms with van der Waals surface area (Å²) >= 11 is 0.940. The number of carboxylic acids is 1. The summed E-state index contributed by atoms with van der Waals surface area (Å²) in [5.74, 6) is -2.06. The molecule has 1 fully saturated rings. The van der Waals surface area contributed by atoms with E-state index >= 15 is 0 Å². The number of carboxylic acid groups (broad SMARTS) is 1. The second kappa shape index (κ2) is 8.98. The molecule has 3 aromatic rings. The summed E-state index contributed by atoms with van der Waals surface area (Å²) in [7, 11) is 0. The van der Waals surface area contributed by atoms with Gasteiger partial charge in [-0.1, -0.05) is 36.0 Å². The topological polar surface area (TPSA) is 138 Å². The number of para-hydroxylation sites is 1. The lowest BCUT2D eigenvalue weighted by atomic mass is 10.1. The average molecular weight is 447 g/mol. The van der Waals surface area contributed by atoms with Crippen LogP contribution in [0.2, 0.25) is 0 Å². The van der Waals surface area contributed by atoms with Gasteiger partial charge in [0, 0.05) is 23.6 Å². The van der Waals surface area contributed by atoms with Gasteiger partial charge in [0.1, 0.15) is 5.25 Å². The van der Waals surface area contributed by atoms with Gasteiger partial charge in [-0.05, 0) is 30.3 Å². The first-order valence-corrected chi connectivity index (χ1v) is 10.4. The lowest BCUT2D eigenvalue weighted by Crippen LogP contribution is -2.32. The van der Waals surface area contributed by atoms with Gasteiger partial charge in [-0.15, -0.1) is 5.10 Å². The zero-order valence-corrected chi connectivity index (χ0v) is 17.4. The summed E-state index contributed by atoms with van der Waals surface area (Å²) in [5.41, 5.74) is 7.74. The molecular formula is C22H17N5O4S. The Labute approximate surface area is 186 Å². The van der Waals surface area contributed by atoms with Gasteiger partial charge in [0.15, 0.2) is 5.17 Å². The highest BCUT2D eigenvalue weighted by atomic mass is 32.2. The number of nitrogens with zero attached hydrogens (tertiary/aromatic N) is 4. The number of hydrogen-bond donors (Lipinski definition) is 2. The van der Waals surface area contributed by atoms with Crippen LogP contribution in [0.4, 0.5) is 5.69 Å². The monoisotopic (exact) mass is 447 g/mol. The van der Waals surface area contributed by atoms with Gasteiger partial charge in [0.05, 0.1) is 23.0 Å². The summed E-state index contributed by atoms with van der Waals surface area (Å²) in [6, 6.07) is 15.1.